The third kappa shape index (κ3) is 5.16. The van der Waals surface area contributed by atoms with E-state index in [-0.39, 0.29) is 17.6 Å². The third-order valence-electron chi connectivity index (χ3n) is 3.07. The van der Waals surface area contributed by atoms with E-state index in [1.54, 1.807) is 0 Å². The zero-order valence-corrected chi connectivity index (χ0v) is 12.8. The zero-order valence-electron chi connectivity index (χ0n) is 12.8. The van der Waals surface area contributed by atoms with Crippen molar-refractivity contribution in [3.63, 3.8) is 0 Å². The summed E-state index contributed by atoms with van der Waals surface area (Å²) in [6.07, 6.45) is -4.85. The normalized spacial score (nSPS) is 14.0. The Morgan fingerprint density at radius 2 is 1.67 bits per heavy atom. The van der Waals surface area contributed by atoms with Crippen LogP contribution in [0.4, 0.5) is 13.2 Å². The van der Waals surface area contributed by atoms with Crippen LogP contribution in [0.5, 0.6) is 0 Å². The van der Waals surface area contributed by atoms with Crippen LogP contribution in [0.2, 0.25) is 0 Å². The summed E-state index contributed by atoms with van der Waals surface area (Å²) in [6, 6.07) is 4.67. The van der Waals surface area contributed by atoms with Crippen molar-refractivity contribution in [2.24, 2.45) is 5.41 Å². The van der Waals surface area contributed by atoms with Gasteiger partial charge in [-0.3, -0.25) is 4.79 Å². The standard InChI is InChI=1S/C16H21F3O2/c1-5-21-14(15(2,3)4)13(20)10-11-6-8-12(9-7-11)16(17,18)19/h6-9,14H,5,10H2,1-4H3. The van der Waals surface area contributed by atoms with Gasteiger partial charge in [-0.05, 0) is 30.0 Å². The molecular weight excluding hydrogens is 281 g/mol. The number of ketones is 1. The maximum atomic E-state index is 12.5. The highest BCUT2D eigenvalue weighted by Gasteiger charge is 2.32. The Kier molecular flexibility index (Phi) is 5.56. The number of carbonyl (C=O) groups excluding carboxylic acids is 1. The van der Waals surface area contributed by atoms with Gasteiger partial charge in [0.15, 0.2) is 5.78 Å². The summed E-state index contributed by atoms with van der Waals surface area (Å²) in [5.41, 5.74) is -0.503. The van der Waals surface area contributed by atoms with Crippen molar-refractivity contribution in [2.45, 2.75) is 46.4 Å². The van der Waals surface area contributed by atoms with Crippen LogP contribution in [0.15, 0.2) is 24.3 Å². The smallest absolute Gasteiger partial charge is 0.370 e. The van der Waals surface area contributed by atoms with Crippen molar-refractivity contribution >= 4 is 5.78 Å². The summed E-state index contributed by atoms with van der Waals surface area (Å²) < 4.78 is 42.9. The van der Waals surface area contributed by atoms with E-state index in [2.05, 4.69) is 0 Å². The largest absolute Gasteiger partial charge is 0.416 e. The molecule has 1 aromatic carbocycles. The van der Waals surface area contributed by atoms with Crippen molar-refractivity contribution in [2.75, 3.05) is 6.61 Å². The summed E-state index contributed by atoms with van der Waals surface area (Å²) in [7, 11) is 0. The van der Waals surface area contributed by atoms with E-state index in [0.717, 1.165) is 12.1 Å². The Labute approximate surface area is 123 Å². The molecular formula is C16H21F3O2. The van der Waals surface area contributed by atoms with Gasteiger partial charge in [0.2, 0.25) is 0 Å². The summed E-state index contributed by atoms with van der Waals surface area (Å²) in [4.78, 5) is 12.3. The summed E-state index contributed by atoms with van der Waals surface area (Å²) >= 11 is 0. The second kappa shape index (κ2) is 6.60. The number of ether oxygens (including phenoxy) is 1. The van der Waals surface area contributed by atoms with Gasteiger partial charge in [-0.25, -0.2) is 0 Å². The van der Waals surface area contributed by atoms with E-state index in [1.807, 2.05) is 27.7 Å². The molecule has 0 aliphatic heterocycles. The van der Waals surface area contributed by atoms with Crippen LogP contribution in [-0.2, 0) is 22.1 Å². The van der Waals surface area contributed by atoms with Crippen molar-refractivity contribution < 1.29 is 22.7 Å². The predicted octanol–water partition coefficient (Wildman–Crippen LogP) is 4.27. The first-order chi connectivity index (χ1) is 9.55. The predicted molar refractivity (Wildman–Crippen MR) is 75.0 cm³/mol. The van der Waals surface area contributed by atoms with E-state index < -0.39 is 17.8 Å². The minimum atomic E-state index is -4.36. The SMILES string of the molecule is CCOC(C(=O)Cc1ccc(C(F)(F)F)cc1)C(C)(C)C. The molecule has 0 saturated heterocycles. The lowest BCUT2D eigenvalue weighted by Gasteiger charge is -2.29. The van der Waals surface area contributed by atoms with E-state index in [1.165, 1.54) is 12.1 Å². The van der Waals surface area contributed by atoms with E-state index in [9.17, 15) is 18.0 Å². The molecule has 0 bridgehead atoms. The van der Waals surface area contributed by atoms with Crippen LogP contribution < -0.4 is 0 Å². The molecule has 0 heterocycles. The summed E-state index contributed by atoms with van der Waals surface area (Å²) in [6.45, 7) is 7.93. The topological polar surface area (TPSA) is 26.3 Å². The third-order valence-corrected chi connectivity index (χ3v) is 3.07. The number of Topliss-reactive ketones (excluding diaryl/α,β-unsaturated/α-hetero) is 1. The molecule has 2 nitrogen and oxygen atoms in total. The van der Waals surface area contributed by atoms with Crippen LogP contribution in [-0.4, -0.2) is 18.5 Å². The maximum absolute atomic E-state index is 12.5. The second-order valence-corrected chi connectivity index (χ2v) is 6.04. The molecule has 1 unspecified atom stereocenters. The van der Waals surface area contributed by atoms with Crippen LogP contribution >= 0.6 is 0 Å². The first-order valence-corrected chi connectivity index (χ1v) is 6.86. The highest BCUT2D eigenvalue weighted by molar-refractivity contribution is 5.86. The van der Waals surface area contributed by atoms with Gasteiger partial charge in [-0.15, -0.1) is 0 Å². The first kappa shape index (κ1) is 17.7. The quantitative estimate of drug-likeness (QED) is 0.812. The van der Waals surface area contributed by atoms with Crippen LogP contribution in [0.1, 0.15) is 38.8 Å². The number of alkyl halides is 3. The lowest BCUT2D eigenvalue weighted by Crippen LogP contribution is -2.38. The fourth-order valence-corrected chi connectivity index (χ4v) is 2.10. The number of carbonyl (C=O) groups is 1. The Morgan fingerprint density at radius 1 is 1.14 bits per heavy atom. The van der Waals surface area contributed by atoms with Crippen molar-refractivity contribution in [3.05, 3.63) is 35.4 Å². The van der Waals surface area contributed by atoms with E-state index >= 15 is 0 Å². The highest BCUT2D eigenvalue weighted by Crippen LogP contribution is 2.29. The average molecular weight is 302 g/mol. The Bertz CT molecular complexity index is 470. The molecule has 1 aromatic rings. The minimum absolute atomic E-state index is 0.0695. The number of hydrogen-bond donors (Lipinski definition) is 0. The van der Waals surface area contributed by atoms with Crippen molar-refractivity contribution in [1.29, 1.82) is 0 Å². The lowest BCUT2D eigenvalue weighted by atomic mass is 9.84. The second-order valence-electron chi connectivity index (χ2n) is 6.04. The highest BCUT2D eigenvalue weighted by atomic mass is 19.4. The van der Waals surface area contributed by atoms with Crippen LogP contribution in [0.3, 0.4) is 0 Å². The molecule has 21 heavy (non-hydrogen) atoms. The van der Waals surface area contributed by atoms with Gasteiger partial charge in [0.1, 0.15) is 6.10 Å². The molecule has 0 aliphatic rings. The Balaban J connectivity index is 2.82. The molecule has 0 aromatic heterocycles. The minimum Gasteiger partial charge on any atom is -0.370 e. The molecule has 0 aliphatic carbocycles. The van der Waals surface area contributed by atoms with Gasteiger partial charge in [0.25, 0.3) is 0 Å². The van der Waals surface area contributed by atoms with Crippen molar-refractivity contribution in [1.82, 2.24) is 0 Å². The molecule has 0 fully saturated rings. The molecule has 0 spiro atoms. The monoisotopic (exact) mass is 302 g/mol. The lowest BCUT2D eigenvalue weighted by molar-refractivity contribution is -0.137. The number of rotatable bonds is 5. The van der Waals surface area contributed by atoms with Crippen LogP contribution in [0, 0.1) is 5.41 Å². The average Bonchev–Trinajstić information content (AvgIpc) is 2.34. The van der Waals surface area contributed by atoms with Gasteiger partial charge in [0.05, 0.1) is 5.56 Å². The zero-order chi connectivity index (χ0) is 16.3. The molecule has 118 valence electrons. The Morgan fingerprint density at radius 3 is 2.05 bits per heavy atom. The molecule has 5 heteroatoms. The fourth-order valence-electron chi connectivity index (χ4n) is 2.10. The van der Waals surface area contributed by atoms with E-state index in [0.29, 0.717) is 12.2 Å². The van der Waals surface area contributed by atoms with Gasteiger partial charge in [-0.2, -0.15) is 13.2 Å². The summed E-state index contributed by atoms with van der Waals surface area (Å²) in [5, 5.41) is 0. The molecule has 0 amide bonds. The van der Waals surface area contributed by atoms with Crippen LogP contribution in [0.25, 0.3) is 0 Å². The van der Waals surface area contributed by atoms with Crippen molar-refractivity contribution in [3.8, 4) is 0 Å². The van der Waals surface area contributed by atoms with Gasteiger partial charge >= 0.3 is 6.18 Å². The molecule has 0 radical (unpaired) electrons. The van der Waals surface area contributed by atoms with Gasteiger partial charge < -0.3 is 4.74 Å². The number of hydrogen-bond acceptors (Lipinski definition) is 2. The summed E-state index contributed by atoms with van der Waals surface area (Å²) in [5.74, 6) is -0.121. The number of halogens is 3. The molecule has 0 N–H and O–H groups in total. The maximum Gasteiger partial charge on any atom is 0.416 e. The van der Waals surface area contributed by atoms with Gasteiger partial charge in [-0.1, -0.05) is 32.9 Å². The molecule has 0 saturated carbocycles. The Hall–Kier alpha value is -1.36. The number of benzene rings is 1. The van der Waals surface area contributed by atoms with E-state index in [4.69, 9.17) is 4.74 Å². The van der Waals surface area contributed by atoms with Gasteiger partial charge in [0, 0.05) is 13.0 Å². The first-order valence-electron chi connectivity index (χ1n) is 6.86. The molecule has 1 atom stereocenters. The molecule has 1 rings (SSSR count). The fraction of sp³-hybridized carbons (Fsp3) is 0.562.